The van der Waals surface area contributed by atoms with Crippen LogP contribution >= 0.6 is 15.9 Å². The SMILES string of the molecule is O=C(c1ccc(Br)cc1)N1Cc2cccn2Cc2ccccc21. The summed E-state index contributed by atoms with van der Waals surface area (Å²) >= 11 is 3.42. The minimum Gasteiger partial charge on any atom is -0.345 e. The van der Waals surface area contributed by atoms with Crippen LogP contribution in [0.5, 0.6) is 0 Å². The van der Waals surface area contributed by atoms with Gasteiger partial charge >= 0.3 is 0 Å². The molecule has 2 aromatic carbocycles. The molecule has 2 heterocycles. The van der Waals surface area contributed by atoms with Crippen molar-refractivity contribution >= 4 is 27.5 Å². The average molecular weight is 367 g/mol. The third-order valence-electron chi connectivity index (χ3n) is 4.20. The van der Waals surface area contributed by atoms with E-state index in [9.17, 15) is 4.79 Å². The van der Waals surface area contributed by atoms with Crippen LogP contribution in [0.3, 0.4) is 0 Å². The van der Waals surface area contributed by atoms with Crippen LogP contribution < -0.4 is 4.90 Å². The average Bonchev–Trinajstić information content (AvgIpc) is 2.94. The molecule has 3 aromatic rings. The van der Waals surface area contributed by atoms with Crippen LogP contribution in [0, 0.1) is 0 Å². The van der Waals surface area contributed by atoms with E-state index in [0.29, 0.717) is 12.1 Å². The van der Waals surface area contributed by atoms with Crippen LogP contribution in [0.2, 0.25) is 0 Å². The lowest BCUT2D eigenvalue weighted by Crippen LogP contribution is -2.30. The standard InChI is InChI=1S/C19H15BrN2O/c20-16-9-7-14(8-10-16)19(23)22-13-17-5-3-11-21(17)12-15-4-1-2-6-18(15)22/h1-11H,12-13H2. The lowest BCUT2D eigenvalue weighted by atomic mass is 10.1. The first-order valence-corrected chi connectivity index (χ1v) is 8.31. The molecule has 1 aliphatic heterocycles. The van der Waals surface area contributed by atoms with Crippen molar-refractivity contribution in [3.8, 4) is 0 Å². The summed E-state index contributed by atoms with van der Waals surface area (Å²) in [5.74, 6) is 0.0274. The number of halogens is 1. The molecular formula is C19H15BrN2O. The van der Waals surface area contributed by atoms with Crippen LogP contribution in [0.4, 0.5) is 5.69 Å². The summed E-state index contributed by atoms with van der Waals surface area (Å²) in [6.45, 7) is 1.38. The van der Waals surface area contributed by atoms with Gasteiger partial charge < -0.3 is 9.47 Å². The van der Waals surface area contributed by atoms with Gasteiger partial charge in [0.05, 0.1) is 6.54 Å². The molecule has 0 N–H and O–H groups in total. The van der Waals surface area contributed by atoms with Gasteiger partial charge in [0, 0.05) is 34.2 Å². The van der Waals surface area contributed by atoms with Crippen molar-refractivity contribution in [2.45, 2.75) is 13.1 Å². The number of hydrogen-bond acceptors (Lipinski definition) is 1. The van der Waals surface area contributed by atoms with Crippen LogP contribution in [0.15, 0.2) is 71.3 Å². The van der Waals surface area contributed by atoms with Gasteiger partial charge in [0.2, 0.25) is 0 Å². The Labute approximate surface area is 143 Å². The van der Waals surface area contributed by atoms with Crippen molar-refractivity contribution in [3.05, 3.63) is 88.2 Å². The predicted octanol–water partition coefficient (Wildman–Crippen LogP) is 4.46. The van der Waals surface area contributed by atoms with Crippen molar-refractivity contribution in [1.29, 1.82) is 0 Å². The molecule has 0 saturated carbocycles. The first-order chi connectivity index (χ1) is 11.2. The molecular weight excluding hydrogens is 352 g/mol. The second-order valence-corrected chi connectivity index (χ2v) is 6.57. The number of amides is 1. The minimum atomic E-state index is 0.0274. The Hall–Kier alpha value is -2.33. The summed E-state index contributed by atoms with van der Waals surface area (Å²) in [5.41, 5.74) is 3.99. The third-order valence-corrected chi connectivity index (χ3v) is 4.73. The number of carbonyl (C=O) groups is 1. The smallest absolute Gasteiger partial charge is 0.258 e. The molecule has 4 heteroatoms. The summed E-state index contributed by atoms with van der Waals surface area (Å²) in [6.07, 6.45) is 2.07. The maximum absolute atomic E-state index is 13.1. The van der Waals surface area contributed by atoms with Gasteiger partial charge in [-0.3, -0.25) is 4.79 Å². The summed E-state index contributed by atoms with van der Waals surface area (Å²) in [4.78, 5) is 14.9. The van der Waals surface area contributed by atoms with Crippen molar-refractivity contribution < 1.29 is 4.79 Å². The van der Waals surface area contributed by atoms with E-state index in [0.717, 1.165) is 28.0 Å². The van der Waals surface area contributed by atoms with E-state index in [1.165, 1.54) is 0 Å². The van der Waals surface area contributed by atoms with Crippen LogP contribution in [-0.2, 0) is 13.1 Å². The zero-order chi connectivity index (χ0) is 15.8. The number of carbonyl (C=O) groups excluding carboxylic acids is 1. The number of aromatic nitrogens is 1. The highest BCUT2D eigenvalue weighted by Gasteiger charge is 2.24. The molecule has 1 aliphatic rings. The summed E-state index contributed by atoms with van der Waals surface area (Å²) in [6, 6.07) is 19.8. The molecule has 0 aliphatic carbocycles. The molecule has 0 saturated heterocycles. The molecule has 1 aromatic heterocycles. The Balaban J connectivity index is 1.80. The van der Waals surface area contributed by atoms with Crippen LogP contribution in [0.1, 0.15) is 21.6 Å². The van der Waals surface area contributed by atoms with Crippen molar-refractivity contribution in [2.24, 2.45) is 0 Å². The van der Waals surface area contributed by atoms with Crippen LogP contribution in [0.25, 0.3) is 0 Å². The van der Waals surface area contributed by atoms with Gasteiger partial charge in [0.1, 0.15) is 0 Å². The first kappa shape index (κ1) is 14.3. The molecule has 114 valence electrons. The molecule has 0 unspecified atom stereocenters. The van der Waals surface area contributed by atoms with Crippen LogP contribution in [-0.4, -0.2) is 10.5 Å². The van der Waals surface area contributed by atoms with Gasteiger partial charge in [0.25, 0.3) is 5.91 Å². The lowest BCUT2D eigenvalue weighted by Gasteiger charge is -2.22. The van der Waals surface area contributed by atoms with Gasteiger partial charge in [-0.15, -0.1) is 0 Å². The summed E-state index contributed by atoms with van der Waals surface area (Å²) in [7, 11) is 0. The van der Waals surface area contributed by atoms with Crippen molar-refractivity contribution in [3.63, 3.8) is 0 Å². The Bertz CT molecular complexity index is 867. The van der Waals surface area contributed by atoms with E-state index in [1.807, 2.05) is 53.4 Å². The van der Waals surface area contributed by atoms with Crippen molar-refractivity contribution in [1.82, 2.24) is 4.57 Å². The Kier molecular flexibility index (Phi) is 3.54. The zero-order valence-corrected chi connectivity index (χ0v) is 14.0. The quantitative estimate of drug-likeness (QED) is 0.624. The largest absolute Gasteiger partial charge is 0.345 e. The lowest BCUT2D eigenvalue weighted by molar-refractivity contribution is 0.0985. The number of fused-ring (bicyclic) bond motifs is 2. The maximum Gasteiger partial charge on any atom is 0.258 e. The number of anilines is 1. The number of benzene rings is 2. The van der Waals surface area contributed by atoms with Gasteiger partial charge in [-0.1, -0.05) is 34.1 Å². The Morgan fingerprint density at radius 1 is 0.913 bits per heavy atom. The van der Waals surface area contributed by atoms with E-state index in [4.69, 9.17) is 0 Å². The fraction of sp³-hybridized carbons (Fsp3) is 0.105. The van der Waals surface area contributed by atoms with Gasteiger partial charge in [-0.05, 0) is 48.0 Å². The first-order valence-electron chi connectivity index (χ1n) is 7.52. The molecule has 0 spiro atoms. The topological polar surface area (TPSA) is 25.2 Å². The monoisotopic (exact) mass is 366 g/mol. The number of nitrogens with zero attached hydrogens (tertiary/aromatic N) is 2. The Morgan fingerprint density at radius 2 is 1.70 bits per heavy atom. The van der Waals surface area contributed by atoms with Crippen molar-refractivity contribution in [2.75, 3.05) is 4.90 Å². The third kappa shape index (κ3) is 2.59. The van der Waals surface area contributed by atoms with E-state index in [-0.39, 0.29) is 5.91 Å². The second kappa shape index (κ2) is 5.70. The zero-order valence-electron chi connectivity index (χ0n) is 12.4. The highest BCUT2D eigenvalue weighted by molar-refractivity contribution is 9.10. The normalized spacial score (nSPS) is 13.2. The highest BCUT2D eigenvalue weighted by Crippen LogP contribution is 2.29. The summed E-state index contributed by atoms with van der Waals surface area (Å²) < 4.78 is 3.17. The van der Waals surface area contributed by atoms with E-state index in [1.54, 1.807) is 0 Å². The number of para-hydroxylation sites is 1. The minimum absolute atomic E-state index is 0.0274. The van der Waals surface area contributed by atoms with E-state index >= 15 is 0 Å². The predicted molar refractivity (Wildman–Crippen MR) is 94.6 cm³/mol. The fourth-order valence-electron chi connectivity index (χ4n) is 3.02. The molecule has 0 atom stereocenters. The molecule has 23 heavy (non-hydrogen) atoms. The highest BCUT2D eigenvalue weighted by atomic mass is 79.9. The van der Waals surface area contributed by atoms with Gasteiger partial charge in [0.15, 0.2) is 0 Å². The molecule has 3 nitrogen and oxygen atoms in total. The molecule has 1 amide bonds. The van der Waals surface area contributed by atoms with E-state index < -0.39 is 0 Å². The molecule has 0 radical (unpaired) electrons. The second-order valence-electron chi connectivity index (χ2n) is 5.65. The van der Waals surface area contributed by atoms with E-state index in [2.05, 4.69) is 38.8 Å². The van der Waals surface area contributed by atoms with Gasteiger partial charge in [-0.2, -0.15) is 0 Å². The van der Waals surface area contributed by atoms with Gasteiger partial charge in [-0.25, -0.2) is 0 Å². The molecule has 0 fully saturated rings. The Morgan fingerprint density at radius 3 is 2.52 bits per heavy atom. The molecule has 4 rings (SSSR count). The number of rotatable bonds is 1. The number of hydrogen-bond donors (Lipinski definition) is 0. The fourth-order valence-corrected chi connectivity index (χ4v) is 3.28. The maximum atomic E-state index is 13.1. The summed E-state index contributed by atoms with van der Waals surface area (Å²) in [5, 5.41) is 0. The molecule has 0 bridgehead atoms.